The molecular weight excluding hydrogens is 372 g/mol. The number of fused-ring (bicyclic) bond motifs is 3. The molecule has 2 aliphatic rings. The summed E-state index contributed by atoms with van der Waals surface area (Å²) in [5.41, 5.74) is 2.52. The number of ether oxygens (including phenoxy) is 1. The summed E-state index contributed by atoms with van der Waals surface area (Å²) in [6, 6.07) is 3.59. The maximum atomic E-state index is 13.1. The molecule has 0 N–H and O–H groups in total. The highest BCUT2D eigenvalue weighted by molar-refractivity contribution is 5.93. The van der Waals surface area contributed by atoms with Gasteiger partial charge in [0.2, 0.25) is 5.91 Å². The van der Waals surface area contributed by atoms with E-state index in [0.29, 0.717) is 51.4 Å². The summed E-state index contributed by atoms with van der Waals surface area (Å²) in [6.45, 7) is 6.54. The van der Waals surface area contributed by atoms with Gasteiger partial charge in [0, 0.05) is 50.8 Å². The van der Waals surface area contributed by atoms with Crippen LogP contribution in [0.1, 0.15) is 33.9 Å². The number of aryl methyl sites for hydroxylation is 3. The molecule has 0 spiro atoms. The highest BCUT2D eigenvalue weighted by Crippen LogP contribution is 2.23. The Bertz CT molecular complexity index is 883. The summed E-state index contributed by atoms with van der Waals surface area (Å²) in [4.78, 5) is 29.9. The number of rotatable bonds is 4. The summed E-state index contributed by atoms with van der Waals surface area (Å²) < 4.78 is 12.9. The van der Waals surface area contributed by atoms with Crippen molar-refractivity contribution >= 4 is 11.8 Å². The summed E-state index contributed by atoms with van der Waals surface area (Å²) >= 11 is 0. The number of hydrogen-bond donors (Lipinski definition) is 0. The van der Waals surface area contributed by atoms with Gasteiger partial charge in [0.15, 0.2) is 0 Å². The average Bonchev–Trinajstić information content (AvgIpc) is 3.10. The summed E-state index contributed by atoms with van der Waals surface area (Å²) in [5, 5.41) is 3.97. The molecule has 2 aromatic rings. The predicted molar refractivity (Wildman–Crippen MR) is 105 cm³/mol. The monoisotopic (exact) mass is 400 g/mol. The van der Waals surface area contributed by atoms with Gasteiger partial charge in [0.05, 0.1) is 24.9 Å². The van der Waals surface area contributed by atoms with E-state index in [0.717, 1.165) is 17.0 Å². The van der Waals surface area contributed by atoms with E-state index < -0.39 is 0 Å². The van der Waals surface area contributed by atoms with Crippen molar-refractivity contribution in [2.75, 3.05) is 32.8 Å². The van der Waals surface area contributed by atoms with E-state index in [1.807, 2.05) is 53.6 Å². The van der Waals surface area contributed by atoms with E-state index in [4.69, 9.17) is 9.26 Å². The normalized spacial score (nSPS) is 21.9. The Kier molecular flexibility index (Phi) is 5.45. The highest BCUT2D eigenvalue weighted by Gasteiger charge is 2.37. The molecule has 0 unspecified atom stereocenters. The molecule has 2 aliphatic heterocycles. The lowest BCUT2D eigenvalue weighted by molar-refractivity contribution is -0.133. The number of carbonyl (C=O) groups excluding carboxylic acids is 2. The second-order valence-electron chi connectivity index (χ2n) is 8.12. The van der Waals surface area contributed by atoms with Crippen LogP contribution in [0, 0.1) is 19.8 Å². The molecule has 2 amide bonds. The second kappa shape index (κ2) is 8.02. The van der Waals surface area contributed by atoms with Crippen LogP contribution in [0.3, 0.4) is 0 Å². The summed E-state index contributed by atoms with van der Waals surface area (Å²) in [7, 11) is 1.87. The van der Waals surface area contributed by atoms with Crippen molar-refractivity contribution in [2.45, 2.75) is 32.7 Å². The molecule has 8 nitrogen and oxygen atoms in total. The Labute approximate surface area is 170 Å². The molecule has 4 rings (SSSR count). The maximum Gasteiger partial charge on any atom is 0.270 e. The molecular formula is C21H28N4O4. The fourth-order valence-electron chi connectivity index (χ4n) is 4.39. The summed E-state index contributed by atoms with van der Waals surface area (Å²) in [5.74, 6) is 1.00. The van der Waals surface area contributed by atoms with Gasteiger partial charge in [0.25, 0.3) is 5.91 Å². The molecule has 0 radical (unpaired) electrons. The lowest BCUT2D eigenvalue weighted by Gasteiger charge is -2.31. The molecule has 156 valence electrons. The zero-order valence-electron chi connectivity index (χ0n) is 17.3. The molecule has 8 heteroatoms. The minimum atomic E-state index is -0.121. The molecule has 2 saturated heterocycles. The van der Waals surface area contributed by atoms with Gasteiger partial charge >= 0.3 is 0 Å². The standard InChI is InChI=1S/C21H28N4O4/c1-14-18(15(2)29-22-14)6-7-20(26)25-10-16-9-24(11-17(25)13-28-12-16)21(27)19-5-4-8-23(19)3/h4-5,8,16-17H,6-7,9-13H2,1-3H3/t16-,17-/m0/s1. The molecule has 0 aliphatic carbocycles. The minimum absolute atomic E-state index is 0.0134. The second-order valence-corrected chi connectivity index (χ2v) is 8.12. The fraction of sp³-hybridized carbons (Fsp3) is 0.571. The lowest BCUT2D eigenvalue weighted by Crippen LogP contribution is -2.48. The number of amides is 2. The predicted octanol–water partition coefficient (Wildman–Crippen LogP) is 1.56. The molecule has 2 bridgehead atoms. The quantitative estimate of drug-likeness (QED) is 0.778. The van der Waals surface area contributed by atoms with E-state index >= 15 is 0 Å². The van der Waals surface area contributed by atoms with E-state index in [2.05, 4.69) is 5.16 Å². The Morgan fingerprint density at radius 1 is 1.21 bits per heavy atom. The first-order valence-electron chi connectivity index (χ1n) is 10.1. The van der Waals surface area contributed by atoms with E-state index in [1.165, 1.54) is 0 Å². The van der Waals surface area contributed by atoms with Crippen molar-refractivity contribution in [3.8, 4) is 0 Å². The third-order valence-corrected chi connectivity index (χ3v) is 6.01. The van der Waals surface area contributed by atoms with Gasteiger partial charge in [-0.05, 0) is 32.4 Å². The van der Waals surface area contributed by atoms with Crippen molar-refractivity contribution < 1.29 is 18.8 Å². The Morgan fingerprint density at radius 2 is 2.03 bits per heavy atom. The Hall–Kier alpha value is -2.61. The number of nitrogens with zero attached hydrogens (tertiary/aromatic N) is 4. The number of hydrogen-bond acceptors (Lipinski definition) is 5. The van der Waals surface area contributed by atoms with E-state index in [1.54, 1.807) is 0 Å². The van der Waals surface area contributed by atoms with Crippen LogP contribution in [0.2, 0.25) is 0 Å². The molecule has 0 saturated carbocycles. The largest absolute Gasteiger partial charge is 0.379 e. The van der Waals surface area contributed by atoms with E-state index in [-0.39, 0.29) is 23.8 Å². The van der Waals surface area contributed by atoms with Gasteiger partial charge in [0.1, 0.15) is 11.5 Å². The van der Waals surface area contributed by atoms with Crippen LogP contribution in [0.25, 0.3) is 0 Å². The van der Waals surface area contributed by atoms with Crippen LogP contribution >= 0.6 is 0 Å². The first-order valence-corrected chi connectivity index (χ1v) is 10.1. The van der Waals surface area contributed by atoms with Crippen LogP contribution in [0.5, 0.6) is 0 Å². The zero-order valence-corrected chi connectivity index (χ0v) is 17.3. The average molecular weight is 400 g/mol. The maximum absolute atomic E-state index is 13.1. The van der Waals surface area contributed by atoms with Gasteiger partial charge in [-0.15, -0.1) is 0 Å². The van der Waals surface area contributed by atoms with Crippen LogP contribution in [0.4, 0.5) is 0 Å². The fourth-order valence-corrected chi connectivity index (χ4v) is 4.39. The molecule has 29 heavy (non-hydrogen) atoms. The van der Waals surface area contributed by atoms with Crippen molar-refractivity contribution in [1.29, 1.82) is 0 Å². The number of carbonyl (C=O) groups is 2. The van der Waals surface area contributed by atoms with E-state index in [9.17, 15) is 9.59 Å². The van der Waals surface area contributed by atoms with Crippen LogP contribution in [-0.2, 0) is 23.0 Å². The molecule has 2 fully saturated rings. The number of aromatic nitrogens is 2. The topological polar surface area (TPSA) is 80.8 Å². The lowest BCUT2D eigenvalue weighted by atomic mass is 10.1. The first-order chi connectivity index (χ1) is 13.9. The zero-order chi connectivity index (χ0) is 20.5. The minimum Gasteiger partial charge on any atom is -0.379 e. The molecule has 2 atom stereocenters. The van der Waals surface area contributed by atoms with Crippen LogP contribution in [0.15, 0.2) is 22.9 Å². The van der Waals surface area contributed by atoms with Crippen molar-refractivity contribution in [2.24, 2.45) is 13.0 Å². The van der Waals surface area contributed by atoms with Crippen molar-refractivity contribution in [3.63, 3.8) is 0 Å². The van der Waals surface area contributed by atoms with Crippen molar-refractivity contribution in [1.82, 2.24) is 19.5 Å². The van der Waals surface area contributed by atoms with Gasteiger partial charge < -0.3 is 23.6 Å². The van der Waals surface area contributed by atoms with Gasteiger partial charge in [-0.25, -0.2) is 0 Å². The molecule has 2 aromatic heterocycles. The Balaban J connectivity index is 1.47. The smallest absolute Gasteiger partial charge is 0.270 e. The van der Waals surface area contributed by atoms with Crippen molar-refractivity contribution in [3.05, 3.63) is 41.0 Å². The van der Waals surface area contributed by atoms with Gasteiger partial charge in [-0.2, -0.15) is 0 Å². The SMILES string of the molecule is Cc1noc(C)c1CCC(=O)N1C[C@H]2COC[C@@H]1CN(C(=O)c1cccn1C)C2. The Morgan fingerprint density at radius 3 is 2.72 bits per heavy atom. The first kappa shape index (κ1) is 19.7. The van der Waals surface area contributed by atoms with Gasteiger partial charge in [-0.1, -0.05) is 5.16 Å². The highest BCUT2D eigenvalue weighted by atomic mass is 16.5. The third kappa shape index (κ3) is 3.94. The third-order valence-electron chi connectivity index (χ3n) is 6.01. The molecule has 4 heterocycles. The van der Waals surface area contributed by atoms with Gasteiger partial charge in [-0.3, -0.25) is 9.59 Å². The summed E-state index contributed by atoms with van der Waals surface area (Å²) in [6.07, 6.45) is 2.89. The molecule has 0 aromatic carbocycles. The van der Waals surface area contributed by atoms with Crippen LogP contribution < -0.4 is 0 Å². The van der Waals surface area contributed by atoms with Crippen LogP contribution in [-0.4, -0.2) is 70.2 Å².